The number of benzene rings is 1. The molecule has 0 saturated heterocycles. The van der Waals surface area contributed by atoms with Crippen molar-refractivity contribution in [2.24, 2.45) is 5.92 Å². The molecule has 0 saturated carbocycles. The monoisotopic (exact) mass is 236 g/mol. The Kier molecular flexibility index (Phi) is 4.49. The molecule has 1 aromatic rings. The Morgan fingerprint density at radius 2 is 2.21 bits per heavy atom. The summed E-state index contributed by atoms with van der Waals surface area (Å²) < 4.78 is 18.0. The molecule has 0 aliphatic heterocycles. The van der Waals surface area contributed by atoms with E-state index in [2.05, 4.69) is 0 Å². The molecule has 0 spiro atoms. The second kappa shape index (κ2) is 5.42. The molecule has 1 rings (SSSR count). The minimum atomic E-state index is -0.368. The van der Waals surface area contributed by atoms with E-state index in [1.165, 1.54) is 18.2 Å². The number of ether oxygens (including phenoxy) is 1. The van der Waals surface area contributed by atoms with Crippen molar-refractivity contribution in [3.8, 4) is 5.75 Å². The molecule has 0 aliphatic carbocycles. The van der Waals surface area contributed by atoms with Gasteiger partial charge < -0.3 is 4.74 Å². The maximum atomic E-state index is 12.7. The molecule has 78 valence electrons. The van der Waals surface area contributed by atoms with Crippen LogP contribution in [0.25, 0.3) is 0 Å². The quantitative estimate of drug-likeness (QED) is 0.725. The maximum Gasteiger partial charge on any atom is 0.138 e. The molecule has 1 aromatic carbocycles. The third kappa shape index (κ3) is 3.35. The average molecular weight is 237 g/mol. The zero-order valence-electron chi connectivity index (χ0n) is 7.77. The van der Waals surface area contributed by atoms with E-state index in [4.69, 9.17) is 27.9 Å². The van der Waals surface area contributed by atoms with Crippen molar-refractivity contribution < 1.29 is 9.13 Å². The Hall–Kier alpha value is -0.470. The minimum absolute atomic E-state index is 0.248. The van der Waals surface area contributed by atoms with Gasteiger partial charge in [0.1, 0.15) is 11.6 Å². The van der Waals surface area contributed by atoms with Crippen LogP contribution >= 0.6 is 23.2 Å². The van der Waals surface area contributed by atoms with Crippen molar-refractivity contribution in [3.63, 3.8) is 0 Å². The smallest absolute Gasteiger partial charge is 0.138 e. The lowest BCUT2D eigenvalue weighted by atomic mass is 10.2. The summed E-state index contributed by atoms with van der Waals surface area (Å²) >= 11 is 11.4. The zero-order chi connectivity index (χ0) is 10.6. The number of rotatable bonds is 4. The van der Waals surface area contributed by atoms with Crippen LogP contribution in [0.3, 0.4) is 0 Å². The first-order valence-corrected chi connectivity index (χ1v) is 5.18. The number of hydrogen-bond donors (Lipinski definition) is 0. The number of hydrogen-bond acceptors (Lipinski definition) is 1. The molecule has 4 heteroatoms. The van der Waals surface area contributed by atoms with Crippen molar-refractivity contribution in [1.29, 1.82) is 0 Å². The first-order chi connectivity index (χ1) is 6.63. The van der Waals surface area contributed by atoms with Crippen molar-refractivity contribution in [3.05, 3.63) is 29.0 Å². The largest absolute Gasteiger partial charge is 0.492 e. The molecule has 1 nitrogen and oxygen atoms in total. The molecule has 1 unspecified atom stereocenters. The van der Waals surface area contributed by atoms with Gasteiger partial charge >= 0.3 is 0 Å². The minimum Gasteiger partial charge on any atom is -0.492 e. The average Bonchev–Trinajstić information content (AvgIpc) is 2.16. The van der Waals surface area contributed by atoms with E-state index in [0.717, 1.165) is 0 Å². The van der Waals surface area contributed by atoms with Gasteiger partial charge in [0.2, 0.25) is 0 Å². The molecule has 1 atom stereocenters. The van der Waals surface area contributed by atoms with E-state index in [1.54, 1.807) is 0 Å². The molecule has 0 aromatic heterocycles. The SMILES string of the molecule is CC(CCl)COc1ccc(F)cc1Cl. The highest BCUT2D eigenvalue weighted by Crippen LogP contribution is 2.25. The molecular formula is C10H11Cl2FO. The standard InChI is InChI=1S/C10H11Cl2FO/c1-7(5-11)6-14-10-3-2-8(13)4-9(10)12/h2-4,7H,5-6H2,1H3. The van der Waals surface area contributed by atoms with Crippen LogP contribution in [0, 0.1) is 11.7 Å². The summed E-state index contributed by atoms with van der Waals surface area (Å²) in [6.07, 6.45) is 0. The maximum absolute atomic E-state index is 12.7. The predicted molar refractivity (Wildman–Crippen MR) is 56.8 cm³/mol. The molecule has 0 heterocycles. The lowest BCUT2D eigenvalue weighted by molar-refractivity contribution is 0.272. The lowest BCUT2D eigenvalue weighted by Crippen LogP contribution is -2.09. The third-order valence-electron chi connectivity index (χ3n) is 1.68. The normalized spacial score (nSPS) is 12.6. The van der Waals surface area contributed by atoms with Gasteiger partial charge in [0.15, 0.2) is 0 Å². The van der Waals surface area contributed by atoms with Crippen LogP contribution in [0.15, 0.2) is 18.2 Å². The number of alkyl halides is 1. The summed E-state index contributed by atoms with van der Waals surface area (Å²) in [6.45, 7) is 2.44. The van der Waals surface area contributed by atoms with Crippen molar-refractivity contribution in [1.82, 2.24) is 0 Å². The van der Waals surface area contributed by atoms with E-state index < -0.39 is 0 Å². The highest BCUT2D eigenvalue weighted by molar-refractivity contribution is 6.32. The fourth-order valence-corrected chi connectivity index (χ4v) is 1.18. The molecule has 0 amide bonds. The predicted octanol–water partition coefficient (Wildman–Crippen LogP) is 3.73. The van der Waals surface area contributed by atoms with E-state index in [1.807, 2.05) is 6.92 Å². The highest BCUT2D eigenvalue weighted by atomic mass is 35.5. The fraction of sp³-hybridized carbons (Fsp3) is 0.400. The Bertz CT molecular complexity index is 304. The number of halogens is 3. The van der Waals surface area contributed by atoms with Gasteiger partial charge in [-0.3, -0.25) is 0 Å². The molecule has 14 heavy (non-hydrogen) atoms. The lowest BCUT2D eigenvalue weighted by Gasteiger charge is -2.11. The van der Waals surface area contributed by atoms with Crippen molar-refractivity contribution >= 4 is 23.2 Å². The topological polar surface area (TPSA) is 9.23 Å². The Morgan fingerprint density at radius 3 is 2.79 bits per heavy atom. The second-order valence-electron chi connectivity index (χ2n) is 3.15. The zero-order valence-corrected chi connectivity index (χ0v) is 9.28. The molecule has 0 radical (unpaired) electrons. The van der Waals surface area contributed by atoms with Gasteiger partial charge in [-0.25, -0.2) is 4.39 Å². The molecule has 0 fully saturated rings. The Morgan fingerprint density at radius 1 is 1.50 bits per heavy atom. The van der Waals surface area contributed by atoms with Crippen LogP contribution in [0.5, 0.6) is 5.75 Å². The van der Waals surface area contributed by atoms with Crippen LogP contribution in [0.4, 0.5) is 4.39 Å². The molecule has 0 N–H and O–H groups in total. The van der Waals surface area contributed by atoms with Gasteiger partial charge in [0, 0.05) is 11.8 Å². The van der Waals surface area contributed by atoms with Crippen LogP contribution in [-0.4, -0.2) is 12.5 Å². The van der Waals surface area contributed by atoms with E-state index in [-0.39, 0.29) is 16.8 Å². The van der Waals surface area contributed by atoms with Crippen LogP contribution < -0.4 is 4.74 Å². The summed E-state index contributed by atoms with van der Waals surface area (Å²) in [7, 11) is 0. The Labute approximate surface area is 92.8 Å². The van der Waals surface area contributed by atoms with E-state index in [0.29, 0.717) is 18.2 Å². The van der Waals surface area contributed by atoms with Gasteiger partial charge in [-0.1, -0.05) is 18.5 Å². The Balaban J connectivity index is 2.59. The van der Waals surface area contributed by atoms with Crippen LogP contribution in [0.1, 0.15) is 6.92 Å². The van der Waals surface area contributed by atoms with Crippen molar-refractivity contribution in [2.45, 2.75) is 6.92 Å². The fourth-order valence-electron chi connectivity index (χ4n) is 0.869. The second-order valence-corrected chi connectivity index (χ2v) is 3.86. The third-order valence-corrected chi connectivity index (χ3v) is 2.50. The summed E-state index contributed by atoms with van der Waals surface area (Å²) in [5, 5.41) is 0.284. The first-order valence-electron chi connectivity index (χ1n) is 4.27. The van der Waals surface area contributed by atoms with Crippen molar-refractivity contribution in [2.75, 3.05) is 12.5 Å². The van der Waals surface area contributed by atoms with Gasteiger partial charge in [-0.15, -0.1) is 11.6 Å². The first kappa shape index (κ1) is 11.6. The summed E-state index contributed by atoms with van der Waals surface area (Å²) in [4.78, 5) is 0. The summed E-state index contributed by atoms with van der Waals surface area (Å²) in [5.41, 5.74) is 0. The van der Waals surface area contributed by atoms with Crippen LogP contribution in [0.2, 0.25) is 5.02 Å². The van der Waals surface area contributed by atoms with Gasteiger partial charge in [-0.05, 0) is 18.2 Å². The van der Waals surface area contributed by atoms with E-state index >= 15 is 0 Å². The van der Waals surface area contributed by atoms with Gasteiger partial charge in [0.05, 0.1) is 11.6 Å². The molecule has 0 aliphatic rings. The van der Waals surface area contributed by atoms with Gasteiger partial charge in [0.25, 0.3) is 0 Å². The highest BCUT2D eigenvalue weighted by Gasteiger charge is 2.05. The van der Waals surface area contributed by atoms with E-state index in [9.17, 15) is 4.39 Å². The summed E-state index contributed by atoms with van der Waals surface area (Å²) in [5.74, 6) is 0.897. The van der Waals surface area contributed by atoms with Crippen LogP contribution in [-0.2, 0) is 0 Å². The van der Waals surface area contributed by atoms with Gasteiger partial charge in [-0.2, -0.15) is 0 Å². The summed E-state index contributed by atoms with van der Waals surface area (Å²) in [6, 6.07) is 4.05. The molecular weight excluding hydrogens is 226 g/mol. The molecule has 0 bridgehead atoms.